The van der Waals surface area contributed by atoms with Gasteiger partial charge in [-0.15, -0.1) is 0 Å². The lowest BCUT2D eigenvalue weighted by atomic mass is 10.0. The minimum Gasteiger partial charge on any atom is -0.502 e. The summed E-state index contributed by atoms with van der Waals surface area (Å²) in [6.45, 7) is 5.89. The molecular weight excluding hydrogens is 264 g/mol. The zero-order valence-electron chi connectivity index (χ0n) is 12.2. The van der Waals surface area contributed by atoms with E-state index < -0.39 is 5.43 Å². The van der Waals surface area contributed by atoms with Gasteiger partial charge in [0.15, 0.2) is 5.76 Å². The minimum absolute atomic E-state index is 0.222. The van der Waals surface area contributed by atoms with Crippen LogP contribution < -0.4 is 5.43 Å². The van der Waals surface area contributed by atoms with Gasteiger partial charge in [-0.25, -0.2) is 0 Å². The molecule has 0 atom stereocenters. The Balaban J connectivity index is 2.33. The van der Waals surface area contributed by atoms with E-state index in [0.29, 0.717) is 16.5 Å². The van der Waals surface area contributed by atoms with E-state index in [-0.39, 0.29) is 11.5 Å². The molecular formula is C18H16O3. The molecule has 0 aliphatic carbocycles. The van der Waals surface area contributed by atoms with Crippen LogP contribution in [0.4, 0.5) is 0 Å². The van der Waals surface area contributed by atoms with Crippen molar-refractivity contribution in [3.8, 4) is 17.1 Å². The van der Waals surface area contributed by atoms with E-state index in [1.54, 1.807) is 12.1 Å². The highest BCUT2D eigenvalue weighted by atomic mass is 16.4. The van der Waals surface area contributed by atoms with Crippen LogP contribution >= 0.6 is 0 Å². The van der Waals surface area contributed by atoms with Gasteiger partial charge in [0.05, 0.1) is 5.39 Å². The van der Waals surface area contributed by atoms with Crippen molar-refractivity contribution in [2.75, 3.05) is 0 Å². The molecule has 0 spiro atoms. The fraction of sp³-hybridized carbons (Fsp3) is 0.167. The Morgan fingerprint density at radius 2 is 1.71 bits per heavy atom. The van der Waals surface area contributed by atoms with E-state index in [4.69, 9.17) is 4.42 Å². The summed E-state index contributed by atoms with van der Waals surface area (Å²) in [5.41, 5.74) is 3.98. The standard InChI is InChI=1S/C18H16O3/c1-10-4-7-15-14(8-10)16(19)17(20)18(21-15)13-6-5-11(2)12(3)9-13/h4-9,20H,1-3H3. The number of fused-ring (bicyclic) bond motifs is 1. The first-order valence-electron chi connectivity index (χ1n) is 6.81. The van der Waals surface area contributed by atoms with Crippen LogP contribution in [0.15, 0.2) is 45.6 Å². The molecule has 0 aliphatic rings. The first kappa shape index (κ1) is 13.4. The fourth-order valence-electron chi connectivity index (χ4n) is 2.38. The van der Waals surface area contributed by atoms with Crippen LogP contribution in [0.1, 0.15) is 16.7 Å². The average molecular weight is 280 g/mol. The van der Waals surface area contributed by atoms with Crippen molar-refractivity contribution >= 4 is 11.0 Å². The third-order valence-corrected chi connectivity index (χ3v) is 3.79. The molecule has 3 aromatic rings. The van der Waals surface area contributed by atoms with E-state index in [9.17, 15) is 9.90 Å². The Morgan fingerprint density at radius 3 is 2.43 bits per heavy atom. The van der Waals surface area contributed by atoms with Crippen molar-refractivity contribution in [2.24, 2.45) is 0 Å². The quantitative estimate of drug-likeness (QED) is 0.730. The number of hydrogen-bond donors (Lipinski definition) is 1. The molecule has 0 unspecified atom stereocenters. The van der Waals surface area contributed by atoms with Gasteiger partial charge in [-0.05, 0) is 50.1 Å². The van der Waals surface area contributed by atoms with Crippen molar-refractivity contribution in [1.29, 1.82) is 0 Å². The maximum absolute atomic E-state index is 12.3. The molecule has 3 heteroatoms. The maximum atomic E-state index is 12.3. The second-order valence-electron chi connectivity index (χ2n) is 5.41. The molecule has 0 radical (unpaired) electrons. The van der Waals surface area contributed by atoms with Crippen LogP contribution in [0, 0.1) is 20.8 Å². The summed E-state index contributed by atoms with van der Waals surface area (Å²) in [4.78, 5) is 12.3. The van der Waals surface area contributed by atoms with E-state index in [2.05, 4.69) is 0 Å². The SMILES string of the molecule is Cc1ccc2oc(-c3ccc(C)c(C)c3)c(O)c(=O)c2c1. The molecule has 0 amide bonds. The highest BCUT2D eigenvalue weighted by molar-refractivity contribution is 5.82. The molecule has 106 valence electrons. The molecule has 0 saturated carbocycles. The topological polar surface area (TPSA) is 50.4 Å². The molecule has 0 aliphatic heterocycles. The Morgan fingerprint density at radius 1 is 0.952 bits per heavy atom. The number of benzene rings is 2. The average Bonchev–Trinajstić information content (AvgIpc) is 2.46. The third kappa shape index (κ3) is 2.21. The summed E-state index contributed by atoms with van der Waals surface area (Å²) in [5, 5.41) is 10.6. The minimum atomic E-state index is -0.395. The van der Waals surface area contributed by atoms with Gasteiger partial charge in [0.2, 0.25) is 11.2 Å². The normalized spacial score (nSPS) is 11.0. The molecule has 21 heavy (non-hydrogen) atoms. The first-order chi connectivity index (χ1) is 9.97. The summed E-state index contributed by atoms with van der Waals surface area (Å²) in [6.07, 6.45) is 0. The van der Waals surface area contributed by atoms with Crippen LogP contribution in [0.2, 0.25) is 0 Å². The van der Waals surface area contributed by atoms with Gasteiger partial charge < -0.3 is 9.52 Å². The molecule has 0 saturated heterocycles. The number of aromatic hydroxyl groups is 1. The lowest BCUT2D eigenvalue weighted by molar-refractivity contribution is 0.449. The zero-order valence-corrected chi connectivity index (χ0v) is 12.2. The van der Waals surface area contributed by atoms with E-state index >= 15 is 0 Å². The summed E-state index contributed by atoms with van der Waals surface area (Å²) in [7, 11) is 0. The third-order valence-electron chi connectivity index (χ3n) is 3.79. The highest BCUT2D eigenvalue weighted by Crippen LogP contribution is 2.31. The lowest BCUT2D eigenvalue weighted by Crippen LogP contribution is -2.03. The van der Waals surface area contributed by atoms with Gasteiger partial charge >= 0.3 is 0 Å². The van der Waals surface area contributed by atoms with Gasteiger partial charge in [-0.1, -0.05) is 23.8 Å². The van der Waals surface area contributed by atoms with E-state index in [0.717, 1.165) is 16.7 Å². The molecule has 1 heterocycles. The van der Waals surface area contributed by atoms with Gasteiger partial charge in [0.1, 0.15) is 5.58 Å². The second-order valence-corrected chi connectivity index (χ2v) is 5.41. The van der Waals surface area contributed by atoms with Crippen molar-refractivity contribution in [3.05, 3.63) is 63.3 Å². The van der Waals surface area contributed by atoms with Crippen LogP contribution in [0.5, 0.6) is 5.75 Å². The number of aryl methyl sites for hydroxylation is 3. The zero-order chi connectivity index (χ0) is 15.1. The summed E-state index contributed by atoms with van der Waals surface area (Å²) in [5.74, 6) is -0.115. The largest absolute Gasteiger partial charge is 0.502 e. The summed E-state index contributed by atoms with van der Waals surface area (Å²) < 4.78 is 5.76. The monoisotopic (exact) mass is 280 g/mol. The Hall–Kier alpha value is -2.55. The molecule has 0 bridgehead atoms. The smallest absolute Gasteiger partial charge is 0.235 e. The van der Waals surface area contributed by atoms with Crippen LogP contribution in [-0.4, -0.2) is 5.11 Å². The van der Waals surface area contributed by atoms with Gasteiger partial charge in [-0.3, -0.25) is 4.79 Å². The lowest BCUT2D eigenvalue weighted by Gasteiger charge is -2.08. The molecule has 0 fully saturated rings. The second kappa shape index (κ2) is 4.77. The van der Waals surface area contributed by atoms with Gasteiger partial charge in [0.25, 0.3) is 0 Å². The van der Waals surface area contributed by atoms with Crippen molar-refractivity contribution in [2.45, 2.75) is 20.8 Å². The first-order valence-corrected chi connectivity index (χ1v) is 6.81. The predicted molar refractivity (Wildman–Crippen MR) is 83.8 cm³/mol. The fourth-order valence-corrected chi connectivity index (χ4v) is 2.38. The van der Waals surface area contributed by atoms with E-state index in [1.165, 1.54) is 0 Å². The van der Waals surface area contributed by atoms with Crippen molar-refractivity contribution < 1.29 is 9.52 Å². The molecule has 3 rings (SSSR count). The Kier molecular flexibility index (Phi) is 3.05. The van der Waals surface area contributed by atoms with Crippen LogP contribution in [-0.2, 0) is 0 Å². The summed E-state index contributed by atoms with van der Waals surface area (Å²) >= 11 is 0. The van der Waals surface area contributed by atoms with Gasteiger partial charge in [0, 0.05) is 5.56 Å². The Labute approximate surface area is 122 Å². The van der Waals surface area contributed by atoms with Crippen molar-refractivity contribution in [3.63, 3.8) is 0 Å². The number of hydrogen-bond acceptors (Lipinski definition) is 3. The van der Waals surface area contributed by atoms with Crippen LogP contribution in [0.25, 0.3) is 22.3 Å². The Bertz CT molecular complexity index is 904. The number of rotatable bonds is 1. The molecule has 2 aromatic carbocycles. The molecule has 1 aromatic heterocycles. The predicted octanol–water partition coefficient (Wildman–Crippen LogP) is 4.09. The van der Waals surface area contributed by atoms with Crippen LogP contribution in [0.3, 0.4) is 0 Å². The molecule has 3 nitrogen and oxygen atoms in total. The molecule has 1 N–H and O–H groups in total. The van der Waals surface area contributed by atoms with E-state index in [1.807, 2.05) is 45.0 Å². The maximum Gasteiger partial charge on any atom is 0.235 e. The van der Waals surface area contributed by atoms with Crippen molar-refractivity contribution in [1.82, 2.24) is 0 Å². The van der Waals surface area contributed by atoms with Gasteiger partial charge in [-0.2, -0.15) is 0 Å². The summed E-state index contributed by atoms with van der Waals surface area (Å²) in [6, 6.07) is 11.1. The highest BCUT2D eigenvalue weighted by Gasteiger charge is 2.15.